The Hall–Kier alpha value is -0.130. The van der Waals surface area contributed by atoms with Crippen LogP contribution in [0.25, 0.3) is 0 Å². The molecule has 0 saturated carbocycles. The van der Waals surface area contributed by atoms with Crippen LogP contribution in [0, 0.1) is 0 Å². The molecule has 0 saturated heterocycles. The maximum atomic E-state index is 11.2. The van der Waals surface area contributed by atoms with E-state index in [0.29, 0.717) is 5.75 Å². The lowest BCUT2D eigenvalue weighted by molar-refractivity contribution is 0.325. The van der Waals surface area contributed by atoms with Crippen LogP contribution in [0.1, 0.15) is 32.6 Å². The second kappa shape index (κ2) is 8.96. The molecule has 0 rings (SSSR count). The highest BCUT2D eigenvalue weighted by molar-refractivity contribution is 7.91. The van der Waals surface area contributed by atoms with Gasteiger partial charge in [-0.1, -0.05) is 13.3 Å². The fourth-order valence-corrected chi connectivity index (χ4v) is 2.37. The Balaban J connectivity index is 3.47. The van der Waals surface area contributed by atoms with E-state index in [2.05, 4.69) is 4.90 Å². The minimum atomic E-state index is -2.79. The van der Waals surface area contributed by atoms with Crippen LogP contribution in [-0.2, 0) is 9.84 Å². The summed E-state index contributed by atoms with van der Waals surface area (Å²) in [5.41, 5.74) is 5.41. The van der Waals surface area contributed by atoms with Gasteiger partial charge in [-0.05, 0) is 45.9 Å². The molecular formula is C11H26N2O2S. The summed E-state index contributed by atoms with van der Waals surface area (Å²) >= 11 is 0. The van der Waals surface area contributed by atoms with Gasteiger partial charge in [0.15, 0.2) is 0 Å². The second-order valence-electron chi connectivity index (χ2n) is 4.24. The first-order chi connectivity index (χ1) is 7.52. The summed E-state index contributed by atoms with van der Waals surface area (Å²) < 4.78 is 22.5. The van der Waals surface area contributed by atoms with E-state index in [9.17, 15) is 8.42 Å². The number of unbranched alkanes of at least 4 members (excludes halogenated alkanes) is 2. The highest BCUT2D eigenvalue weighted by Gasteiger charge is 2.07. The Morgan fingerprint density at radius 1 is 1.06 bits per heavy atom. The van der Waals surface area contributed by atoms with Crippen LogP contribution in [0.15, 0.2) is 0 Å². The first-order valence-electron chi connectivity index (χ1n) is 6.11. The molecule has 0 radical (unpaired) electrons. The second-order valence-corrected chi connectivity index (χ2v) is 6.72. The normalized spacial score (nSPS) is 12.2. The number of nitrogens with two attached hydrogens (primary N) is 1. The van der Waals surface area contributed by atoms with Crippen LogP contribution in [0.5, 0.6) is 0 Å². The highest BCUT2D eigenvalue weighted by Crippen LogP contribution is 1.99. The molecule has 16 heavy (non-hydrogen) atoms. The van der Waals surface area contributed by atoms with Gasteiger partial charge in [-0.15, -0.1) is 0 Å². The van der Waals surface area contributed by atoms with Crippen LogP contribution in [0.2, 0.25) is 0 Å². The van der Waals surface area contributed by atoms with Crippen molar-refractivity contribution in [1.29, 1.82) is 0 Å². The Morgan fingerprint density at radius 2 is 1.69 bits per heavy atom. The van der Waals surface area contributed by atoms with Crippen molar-refractivity contribution in [2.75, 3.05) is 38.2 Å². The summed E-state index contributed by atoms with van der Waals surface area (Å²) in [5.74, 6) is 0.573. The third-order valence-corrected chi connectivity index (χ3v) is 4.47. The highest BCUT2D eigenvalue weighted by atomic mass is 32.2. The van der Waals surface area contributed by atoms with Crippen LogP contribution in [0.3, 0.4) is 0 Å². The molecule has 0 bridgehead atoms. The zero-order valence-corrected chi connectivity index (χ0v) is 11.4. The first-order valence-corrected chi connectivity index (χ1v) is 7.93. The molecule has 0 heterocycles. The van der Waals surface area contributed by atoms with Crippen molar-refractivity contribution < 1.29 is 8.42 Å². The van der Waals surface area contributed by atoms with E-state index < -0.39 is 9.84 Å². The summed E-state index contributed by atoms with van der Waals surface area (Å²) in [5, 5.41) is 0. The smallest absolute Gasteiger partial charge is 0.150 e. The minimum absolute atomic E-state index is 0.257. The summed E-state index contributed by atoms with van der Waals surface area (Å²) in [7, 11) is -0.745. The van der Waals surface area contributed by atoms with Crippen LogP contribution < -0.4 is 5.73 Å². The summed E-state index contributed by atoms with van der Waals surface area (Å²) in [6.07, 6.45) is 4.13. The van der Waals surface area contributed by atoms with Crippen LogP contribution in [-0.4, -0.2) is 51.5 Å². The van der Waals surface area contributed by atoms with Gasteiger partial charge in [-0.2, -0.15) is 0 Å². The quantitative estimate of drug-likeness (QED) is 0.584. The van der Waals surface area contributed by atoms with Crippen molar-refractivity contribution in [2.45, 2.75) is 32.6 Å². The zero-order valence-electron chi connectivity index (χ0n) is 10.6. The lowest BCUT2D eigenvalue weighted by Gasteiger charge is -2.15. The van der Waals surface area contributed by atoms with Crippen molar-refractivity contribution >= 4 is 9.84 Å². The van der Waals surface area contributed by atoms with Gasteiger partial charge in [-0.3, -0.25) is 0 Å². The van der Waals surface area contributed by atoms with Crippen molar-refractivity contribution in [3.05, 3.63) is 0 Å². The van der Waals surface area contributed by atoms with Gasteiger partial charge in [-0.25, -0.2) is 8.42 Å². The number of sulfone groups is 1. The average Bonchev–Trinajstić information content (AvgIpc) is 2.24. The Morgan fingerprint density at radius 3 is 2.25 bits per heavy atom. The van der Waals surface area contributed by atoms with Gasteiger partial charge >= 0.3 is 0 Å². The Bertz CT molecular complexity index is 253. The molecule has 0 aromatic carbocycles. The molecule has 0 aromatic heterocycles. The Kier molecular flexibility index (Phi) is 8.89. The number of rotatable bonds is 10. The molecule has 0 fully saturated rings. The lowest BCUT2D eigenvalue weighted by atomic mass is 10.2. The van der Waals surface area contributed by atoms with E-state index in [0.717, 1.165) is 45.3 Å². The molecule has 0 aliphatic heterocycles. The molecule has 0 atom stereocenters. The summed E-state index contributed by atoms with van der Waals surface area (Å²) in [6.45, 7) is 4.36. The molecule has 0 aliphatic rings. The predicted molar refractivity (Wildman–Crippen MR) is 69.3 cm³/mol. The molecule has 2 N–H and O–H groups in total. The van der Waals surface area contributed by atoms with Gasteiger partial charge < -0.3 is 10.6 Å². The fourth-order valence-electron chi connectivity index (χ4n) is 1.51. The molecule has 5 heteroatoms. The van der Waals surface area contributed by atoms with Crippen LogP contribution >= 0.6 is 0 Å². The van der Waals surface area contributed by atoms with Crippen molar-refractivity contribution in [2.24, 2.45) is 5.73 Å². The SMILES string of the molecule is CCS(=O)(=O)CCCN(C)CCCCCN. The topological polar surface area (TPSA) is 63.4 Å². The maximum Gasteiger partial charge on any atom is 0.150 e. The minimum Gasteiger partial charge on any atom is -0.330 e. The molecule has 98 valence electrons. The lowest BCUT2D eigenvalue weighted by Crippen LogP contribution is -2.23. The molecule has 0 amide bonds. The van der Waals surface area contributed by atoms with E-state index in [1.165, 1.54) is 0 Å². The Labute approximate surface area is 100 Å². The largest absolute Gasteiger partial charge is 0.330 e. The van der Waals surface area contributed by atoms with Gasteiger partial charge in [0.1, 0.15) is 9.84 Å². The average molecular weight is 250 g/mol. The van der Waals surface area contributed by atoms with Crippen molar-refractivity contribution in [3.63, 3.8) is 0 Å². The fraction of sp³-hybridized carbons (Fsp3) is 1.00. The standard InChI is InChI=1S/C11H26N2O2S/c1-3-16(14,15)11-7-10-13(2)9-6-4-5-8-12/h3-12H2,1-2H3. The maximum absolute atomic E-state index is 11.2. The predicted octanol–water partition coefficient (Wildman–Crippen LogP) is 0.872. The van der Waals surface area contributed by atoms with Crippen molar-refractivity contribution in [1.82, 2.24) is 4.90 Å². The molecule has 4 nitrogen and oxygen atoms in total. The molecule has 0 unspecified atom stereocenters. The molecule has 0 spiro atoms. The molecular weight excluding hydrogens is 224 g/mol. The first kappa shape index (κ1) is 15.9. The van der Waals surface area contributed by atoms with Gasteiger partial charge in [0.2, 0.25) is 0 Å². The summed E-state index contributed by atoms with van der Waals surface area (Å²) in [6, 6.07) is 0. The van der Waals surface area contributed by atoms with E-state index in [-0.39, 0.29) is 5.75 Å². The third-order valence-electron chi connectivity index (χ3n) is 2.68. The van der Waals surface area contributed by atoms with Gasteiger partial charge in [0, 0.05) is 5.75 Å². The molecule has 0 aromatic rings. The van der Waals surface area contributed by atoms with Crippen LogP contribution in [0.4, 0.5) is 0 Å². The summed E-state index contributed by atoms with van der Waals surface area (Å²) in [4.78, 5) is 2.20. The number of hydrogen-bond donors (Lipinski definition) is 1. The monoisotopic (exact) mass is 250 g/mol. The third kappa shape index (κ3) is 9.12. The number of hydrogen-bond acceptors (Lipinski definition) is 4. The van der Waals surface area contributed by atoms with E-state index in [1.807, 2.05) is 7.05 Å². The van der Waals surface area contributed by atoms with Gasteiger partial charge in [0.05, 0.1) is 5.75 Å². The van der Waals surface area contributed by atoms with Gasteiger partial charge in [0.25, 0.3) is 0 Å². The molecule has 0 aliphatic carbocycles. The zero-order chi connectivity index (χ0) is 12.4. The van der Waals surface area contributed by atoms with E-state index in [4.69, 9.17) is 5.73 Å². The van der Waals surface area contributed by atoms with Crippen molar-refractivity contribution in [3.8, 4) is 0 Å². The van der Waals surface area contributed by atoms with E-state index >= 15 is 0 Å². The van der Waals surface area contributed by atoms with E-state index in [1.54, 1.807) is 6.92 Å². The number of nitrogens with zero attached hydrogens (tertiary/aromatic N) is 1.